The fourth-order valence-corrected chi connectivity index (χ4v) is 2.71. The molecule has 0 amide bonds. The van der Waals surface area contributed by atoms with Crippen molar-refractivity contribution in [3.05, 3.63) is 0 Å². The fraction of sp³-hybridized carbons (Fsp3) is 0.917. The number of ether oxygens (including phenoxy) is 2. The molecule has 0 bridgehead atoms. The molecule has 1 N–H and O–H groups in total. The van der Waals surface area contributed by atoms with Gasteiger partial charge in [-0.1, -0.05) is 6.92 Å². The van der Waals surface area contributed by atoms with E-state index in [1.165, 1.54) is 0 Å². The van der Waals surface area contributed by atoms with Gasteiger partial charge in [0.2, 0.25) is 0 Å². The average Bonchev–Trinajstić information content (AvgIpc) is 2.39. The van der Waals surface area contributed by atoms with Gasteiger partial charge in [0, 0.05) is 19.2 Å². The first kappa shape index (κ1) is 12.8. The quantitative estimate of drug-likeness (QED) is 0.792. The van der Waals surface area contributed by atoms with Crippen LogP contribution in [0.1, 0.15) is 26.2 Å². The highest BCUT2D eigenvalue weighted by Crippen LogP contribution is 2.24. The van der Waals surface area contributed by atoms with Crippen LogP contribution >= 0.6 is 0 Å². The molecule has 17 heavy (non-hydrogen) atoms. The second kappa shape index (κ2) is 5.80. The van der Waals surface area contributed by atoms with E-state index >= 15 is 0 Å². The highest BCUT2D eigenvalue weighted by molar-refractivity contribution is 5.73. The summed E-state index contributed by atoms with van der Waals surface area (Å²) in [6.07, 6.45) is 3.16. The van der Waals surface area contributed by atoms with Crippen molar-refractivity contribution in [1.29, 1.82) is 0 Å². The van der Waals surface area contributed by atoms with Crippen LogP contribution < -0.4 is 0 Å². The van der Waals surface area contributed by atoms with Crippen LogP contribution in [0.4, 0.5) is 0 Å². The number of morpholine rings is 1. The van der Waals surface area contributed by atoms with Crippen LogP contribution in [0.15, 0.2) is 0 Å². The van der Waals surface area contributed by atoms with Crippen LogP contribution in [0.2, 0.25) is 0 Å². The highest BCUT2D eigenvalue weighted by atomic mass is 16.5. The second-order valence-corrected chi connectivity index (χ2v) is 4.75. The molecule has 3 unspecified atom stereocenters. The minimum Gasteiger partial charge on any atom is -0.480 e. The van der Waals surface area contributed by atoms with Gasteiger partial charge in [0.15, 0.2) is 0 Å². The number of carboxylic acids is 1. The lowest BCUT2D eigenvalue weighted by molar-refractivity contribution is -0.154. The molecule has 0 radical (unpaired) electrons. The molecule has 98 valence electrons. The standard InChI is InChI=1S/C12H21NO4/c1-2-10-7-9(3-5-17-10)13-4-6-16-8-11(13)12(14)15/h9-11H,2-8H2,1H3,(H,14,15). The Hall–Kier alpha value is -0.650. The summed E-state index contributed by atoms with van der Waals surface area (Å²) in [5.41, 5.74) is 0. The van der Waals surface area contributed by atoms with Crippen molar-refractivity contribution >= 4 is 5.97 Å². The predicted molar refractivity (Wildman–Crippen MR) is 62.0 cm³/mol. The van der Waals surface area contributed by atoms with Crippen LogP contribution in [0.3, 0.4) is 0 Å². The maximum Gasteiger partial charge on any atom is 0.323 e. The lowest BCUT2D eigenvalue weighted by atomic mass is 9.98. The first-order valence-electron chi connectivity index (χ1n) is 6.40. The van der Waals surface area contributed by atoms with Gasteiger partial charge < -0.3 is 14.6 Å². The van der Waals surface area contributed by atoms with Crippen LogP contribution in [0.5, 0.6) is 0 Å². The zero-order valence-electron chi connectivity index (χ0n) is 10.3. The summed E-state index contributed by atoms with van der Waals surface area (Å²) in [4.78, 5) is 13.3. The van der Waals surface area contributed by atoms with Gasteiger partial charge in [0.25, 0.3) is 0 Å². The summed E-state index contributed by atoms with van der Waals surface area (Å²) in [5.74, 6) is -0.774. The lowest BCUT2D eigenvalue weighted by Gasteiger charge is -2.42. The molecule has 0 aromatic heterocycles. The summed E-state index contributed by atoms with van der Waals surface area (Å²) >= 11 is 0. The predicted octanol–water partition coefficient (Wildman–Crippen LogP) is 0.729. The van der Waals surface area contributed by atoms with Crippen molar-refractivity contribution in [1.82, 2.24) is 4.90 Å². The Balaban J connectivity index is 2.00. The zero-order chi connectivity index (χ0) is 12.3. The van der Waals surface area contributed by atoms with Crippen molar-refractivity contribution in [3.8, 4) is 0 Å². The minimum absolute atomic E-state index is 0.283. The molecular weight excluding hydrogens is 222 g/mol. The van der Waals surface area contributed by atoms with Crippen LogP contribution in [0.25, 0.3) is 0 Å². The Morgan fingerprint density at radius 3 is 3.00 bits per heavy atom. The van der Waals surface area contributed by atoms with Gasteiger partial charge in [0.05, 0.1) is 19.3 Å². The molecule has 0 aromatic rings. The summed E-state index contributed by atoms with van der Waals surface area (Å²) in [6, 6.07) is -0.150. The summed E-state index contributed by atoms with van der Waals surface area (Å²) in [6.45, 7) is 4.52. The number of carbonyl (C=O) groups is 1. The van der Waals surface area contributed by atoms with E-state index in [-0.39, 0.29) is 6.10 Å². The van der Waals surface area contributed by atoms with Crippen molar-refractivity contribution in [3.63, 3.8) is 0 Å². The third-order valence-corrected chi connectivity index (χ3v) is 3.72. The van der Waals surface area contributed by atoms with E-state index in [0.29, 0.717) is 19.3 Å². The Kier molecular flexibility index (Phi) is 4.36. The summed E-state index contributed by atoms with van der Waals surface area (Å²) in [5, 5.41) is 9.21. The molecule has 2 heterocycles. The SMILES string of the molecule is CCC1CC(N2CCOCC2C(=O)O)CCO1. The van der Waals surface area contributed by atoms with Crippen molar-refractivity contribution in [2.75, 3.05) is 26.4 Å². The molecule has 5 heteroatoms. The molecule has 0 spiro atoms. The number of aliphatic carboxylic acids is 1. The Morgan fingerprint density at radius 2 is 2.29 bits per heavy atom. The molecule has 0 aromatic carbocycles. The van der Waals surface area contributed by atoms with E-state index in [1.54, 1.807) is 0 Å². The topological polar surface area (TPSA) is 59.0 Å². The van der Waals surface area contributed by atoms with Crippen LogP contribution in [-0.4, -0.2) is 60.5 Å². The van der Waals surface area contributed by atoms with Crippen molar-refractivity contribution in [2.45, 2.75) is 44.4 Å². The molecule has 2 fully saturated rings. The van der Waals surface area contributed by atoms with Crippen molar-refractivity contribution < 1.29 is 19.4 Å². The van der Waals surface area contributed by atoms with Gasteiger partial charge in [-0.15, -0.1) is 0 Å². The number of nitrogens with zero attached hydrogens (tertiary/aromatic N) is 1. The van der Waals surface area contributed by atoms with Crippen molar-refractivity contribution in [2.24, 2.45) is 0 Å². The normalized spacial score (nSPS) is 35.7. The Labute approximate surface area is 102 Å². The molecule has 2 saturated heterocycles. The zero-order valence-corrected chi connectivity index (χ0v) is 10.3. The van der Waals surface area contributed by atoms with Gasteiger partial charge in [-0.3, -0.25) is 9.69 Å². The average molecular weight is 243 g/mol. The molecule has 2 rings (SSSR count). The van der Waals surface area contributed by atoms with E-state index < -0.39 is 12.0 Å². The first-order chi connectivity index (χ1) is 8.22. The maximum absolute atomic E-state index is 11.2. The number of carboxylic acid groups (broad SMARTS) is 1. The molecule has 3 atom stereocenters. The van der Waals surface area contributed by atoms with E-state index in [2.05, 4.69) is 11.8 Å². The van der Waals surface area contributed by atoms with E-state index in [0.717, 1.165) is 32.4 Å². The number of hydrogen-bond donors (Lipinski definition) is 1. The van der Waals surface area contributed by atoms with Gasteiger partial charge in [-0.25, -0.2) is 0 Å². The molecule has 2 aliphatic heterocycles. The number of rotatable bonds is 3. The van der Waals surface area contributed by atoms with Gasteiger partial charge in [-0.05, 0) is 19.3 Å². The summed E-state index contributed by atoms with van der Waals surface area (Å²) in [7, 11) is 0. The van der Waals surface area contributed by atoms with E-state index in [1.807, 2.05) is 0 Å². The third-order valence-electron chi connectivity index (χ3n) is 3.72. The van der Waals surface area contributed by atoms with Gasteiger partial charge in [-0.2, -0.15) is 0 Å². The Bertz CT molecular complexity index is 271. The lowest BCUT2D eigenvalue weighted by Crippen LogP contribution is -2.56. The third kappa shape index (κ3) is 2.97. The smallest absolute Gasteiger partial charge is 0.323 e. The van der Waals surface area contributed by atoms with Crippen LogP contribution in [0, 0.1) is 0 Å². The van der Waals surface area contributed by atoms with Gasteiger partial charge >= 0.3 is 5.97 Å². The molecule has 2 aliphatic rings. The van der Waals surface area contributed by atoms with Crippen LogP contribution in [-0.2, 0) is 14.3 Å². The monoisotopic (exact) mass is 243 g/mol. The Morgan fingerprint density at radius 1 is 1.47 bits per heavy atom. The van der Waals surface area contributed by atoms with Gasteiger partial charge in [0.1, 0.15) is 6.04 Å². The minimum atomic E-state index is -0.774. The largest absolute Gasteiger partial charge is 0.480 e. The molecular formula is C12H21NO4. The maximum atomic E-state index is 11.2. The molecule has 5 nitrogen and oxygen atoms in total. The molecule has 0 aliphatic carbocycles. The highest BCUT2D eigenvalue weighted by Gasteiger charge is 2.36. The molecule has 0 saturated carbocycles. The first-order valence-corrected chi connectivity index (χ1v) is 6.40. The van der Waals surface area contributed by atoms with E-state index in [9.17, 15) is 9.90 Å². The number of hydrogen-bond acceptors (Lipinski definition) is 4. The van der Waals surface area contributed by atoms with E-state index in [4.69, 9.17) is 9.47 Å². The summed E-state index contributed by atoms with van der Waals surface area (Å²) < 4.78 is 10.9. The second-order valence-electron chi connectivity index (χ2n) is 4.75. The fourth-order valence-electron chi connectivity index (χ4n) is 2.71.